The van der Waals surface area contributed by atoms with Gasteiger partial charge in [-0.25, -0.2) is 9.97 Å². The number of nitrogens with zero attached hydrogens (tertiary/aromatic N) is 4. The molecule has 0 bridgehead atoms. The second kappa shape index (κ2) is 6.72. The molecule has 0 aliphatic carbocycles. The zero-order chi connectivity index (χ0) is 17.2. The second-order valence-corrected chi connectivity index (χ2v) is 7.08. The Kier molecular flexibility index (Phi) is 4.28. The molecule has 128 valence electrons. The number of rotatable bonds is 3. The lowest BCUT2D eigenvalue weighted by Crippen LogP contribution is -2.46. The van der Waals surface area contributed by atoms with Gasteiger partial charge in [0.2, 0.25) is 0 Å². The van der Waals surface area contributed by atoms with E-state index < -0.39 is 0 Å². The average molecular weight is 352 g/mol. The number of hydrogen-bond donors (Lipinski definition) is 1. The van der Waals surface area contributed by atoms with Crippen LogP contribution in [0.5, 0.6) is 5.75 Å². The molecule has 5 nitrogen and oxygen atoms in total. The average Bonchev–Trinajstić information content (AvgIpc) is 3.17. The largest absolute Gasteiger partial charge is 0.506 e. The van der Waals surface area contributed by atoms with E-state index in [0.29, 0.717) is 5.75 Å². The third-order valence-electron chi connectivity index (χ3n) is 4.41. The van der Waals surface area contributed by atoms with Crippen molar-refractivity contribution in [2.45, 2.75) is 6.92 Å². The predicted octanol–water partition coefficient (Wildman–Crippen LogP) is 3.55. The highest BCUT2D eigenvalue weighted by Crippen LogP contribution is 2.29. The van der Waals surface area contributed by atoms with Gasteiger partial charge in [-0.3, -0.25) is 0 Å². The minimum Gasteiger partial charge on any atom is -0.506 e. The maximum absolute atomic E-state index is 10.0. The van der Waals surface area contributed by atoms with Crippen LogP contribution < -0.4 is 9.80 Å². The first-order valence-electron chi connectivity index (χ1n) is 8.38. The third kappa shape index (κ3) is 3.30. The molecular weight excluding hydrogens is 332 g/mol. The molecule has 1 fully saturated rings. The second-order valence-electron chi connectivity index (χ2n) is 6.13. The molecule has 3 heterocycles. The summed E-state index contributed by atoms with van der Waals surface area (Å²) >= 11 is 1.66. The fourth-order valence-corrected chi connectivity index (χ4v) is 3.80. The molecule has 1 aromatic carbocycles. The molecule has 1 aliphatic rings. The highest BCUT2D eigenvalue weighted by atomic mass is 32.1. The van der Waals surface area contributed by atoms with Gasteiger partial charge in [0.1, 0.15) is 11.6 Å². The number of hydrogen-bond acceptors (Lipinski definition) is 6. The Labute approximate surface area is 151 Å². The first kappa shape index (κ1) is 15.9. The first-order valence-corrected chi connectivity index (χ1v) is 9.26. The summed E-state index contributed by atoms with van der Waals surface area (Å²) in [6.07, 6.45) is 0. The number of phenolic OH excluding ortho intramolecular Hbond substituents is 1. The molecule has 1 N–H and O–H groups in total. The molecule has 0 unspecified atom stereocenters. The highest BCUT2D eigenvalue weighted by Gasteiger charge is 2.21. The van der Waals surface area contributed by atoms with Gasteiger partial charge in [-0.15, -0.1) is 11.3 Å². The van der Waals surface area contributed by atoms with Crippen LogP contribution in [0.4, 0.5) is 11.5 Å². The molecule has 6 heteroatoms. The van der Waals surface area contributed by atoms with E-state index in [1.54, 1.807) is 17.4 Å². The van der Waals surface area contributed by atoms with Gasteiger partial charge in [0.05, 0.1) is 10.6 Å². The van der Waals surface area contributed by atoms with Gasteiger partial charge in [-0.2, -0.15) is 0 Å². The van der Waals surface area contributed by atoms with Crippen molar-refractivity contribution in [1.82, 2.24) is 9.97 Å². The van der Waals surface area contributed by atoms with Crippen molar-refractivity contribution in [2.75, 3.05) is 36.0 Å². The number of aromatic nitrogens is 2. The van der Waals surface area contributed by atoms with E-state index in [4.69, 9.17) is 4.98 Å². The van der Waals surface area contributed by atoms with Gasteiger partial charge in [0.15, 0.2) is 5.82 Å². The maximum Gasteiger partial charge on any atom is 0.171 e. The van der Waals surface area contributed by atoms with Gasteiger partial charge in [0, 0.05) is 37.9 Å². The molecule has 25 heavy (non-hydrogen) atoms. The van der Waals surface area contributed by atoms with Crippen molar-refractivity contribution >= 4 is 22.8 Å². The summed E-state index contributed by atoms with van der Waals surface area (Å²) < 4.78 is 0. The van der Waals surface area contributed by atoms with Gasteiger partial charge in [-0.1, -0.05) is 18.2 Å². The lowest BCUT2D eigenvalue weighted by atomic mass is 10.2. The number of aryl methyl sites for hydroxylation is 1. The summed E-state index contributed by atoms with van der Waals surface area (Å²) in [7, 11) is 0. The molecule has 3 aromatic rings. The molecule has 1 saturated heterocycles. The molecular formula is C19H20N4OS. The van der Waals surface area contributed by atoms with Gasteiger partial charge in [0.25, 0.3) is 0 Å². The summed E-state index contributed by atoms with van der Waals surface area (Å²) in [5.74, 6) is 2.12. The predicted molar refractivity (Wildman–Crippen MR) is 103 cm³/mol. The van der Waals surface area contributed by atoms with Crippen LogP contribution in [-0.2, 0) is 0 Å². The number of para-hydroxylation sites is 2. The third-order valence-corrected chi connectivity index (χ3v) is 5.27. The van der Waals surface area contributed by atoms with Crippen molar-refractivity contribution in [3.05, 3.63) is 53.5 Å². The van der Waals surface area contributed by atoms with Crippen molar-refractivity contribution in [3.8, 4) is 16.5 Å². The summed E-state index contributed by atoms with van der Waals surface area (Å²) in [5, 5.41) is 12.1. The summed E-state index contributed by atoms with van der Waals surface area (Å²) in [6, 6.07) is 13.6. The van der Waals surface area contributed by atoms with Crippen LogP contribution in [0.25, 0.3) is 10.7 Å². The minimum atomic E-state index is 0.341. The van der Waals surface area contributed by atoms with Crippen LogP contribution in [0, 0.1) is 6.92 Å². The SMILES string of the molecule is Cc1cc(N2CCN(c3ccccc3O)CC2)nc(-c2cccs2)n1. The van der Waals surface area contributed by atoms with Crippen molar-refractivity contribution in [2.24, 2.45) is 0 Å². The molecule has 0 atom stereocenters. The van der Waals surface area contributed by atoms with Crippen molar-refractivity contribution in [1.29, 1.82) is 0 Å². The Morgan fingerprint density at radius 1 is 0.960 bits per heavy atom. The van der Waals surface area contributed by atoms with E-state index in [-0.39, 0.29) is 0 Å². The molecule has 1 aliphatic heterocycles. The van der Waals surface area contributed by atoms with Crippen LogP contribution in [0.1, 0.15) is 5.69 Å². The van der Waals surface area contributed by atoms with Crippen LogP contribution >= 0.6 is 11.3 Å². The smallest absolute Gasteiger partial charge is 0.171 e. The topological polar surface area (TPSA) is 52.5 Å². The molecule has 0 saturated carbocycles. The van der Waals surface area contributed by atoms with Crippen LogP contribution in [0.15, 0.2) is 47.8 Å². The molecule has 0 radical (unpaired) electrons. The molecule has 4 rings (SSSR count). The fourth-order valence-electron chi connectivity index (χ4n) is 3.14. The van der Waals surface area contributed by atoms with E-state index in [0.717, 1.165) is 54.1 Å². The van der Waals surface area contributed by atoms with E-state index in [9.17, 15) is 5.11 Å². The fraction of sp³-hybridized carbons (Fsp3) is 0.263. The van der Waals surface area contributed by atoms with Gasteiger partial charge >= 0.3 is 0 Å². The lowest BCUT2D eigenvalue weighted by molar-refractivity contribution is 0.472. The van der Waals surface area contributed by atoms with E-state index in [1.807, 2.05) is 42.6 Å². The van der Waals surface area contributed by atoms with Crippen LogP contribution in [0.3, 0.4) is 0 Å². The zero-order valence-corrected chi connectivity index (χ0v) is 14.9. The van der Waals surface area contributed by atoms with Gasteiger partial charge in [-0.05, 0) is 30.5 Å². The Morgan fingerprint density at radius 2 is 1.72 bits per heavy atom. The normalized spacial score (nSPS) is 14.8. The summed E-state index contributed by atoms with van der Waals surface area (Å²) in [6.45, 7) is 5.47. The maximum atomic E-state index is 10.0. The number of benzene rings is 1. The molecule has 0 amide bonds. The lowest BCUT2D eigenvalue weighted by Gasteiger charge is -2.37. The number of thiophene rings is 1. The Hall–Kier alpha value is -2.60. The monoisotopic (exact) mass is 352 g/mol. The number of piperazine rings is 1. The summed E-state index contributed by atoms with van der Waals surface area (Å²) in [5.41, 5.74) is 1.89. The molecule has 0 spiro atoms. The first-order chi connectivity index (χ1) is 12.2. The number of phenols is 1. The van der Waals surface area contributed by atoms with Crippen LogP contribution in [-0.4, -0.2) is 41.3 Å². The number of aromatic hydroxyl groups is 1. The number of anilines is 2. The van der Waals surface area contributed by atoms with Crippen molar-refractivity contribution in [3.63, 3.8) is 0 Å². The van der Waals surface area contributed by atoms with E-state index >= 15 is 0 Å². The molecule has 2 aromatic heterocycles. The Bertz CT molecular complexity index is 858. The Morgan fingerprint density at radius 3 is 2.44 bits per heavy atom. The zero-order valence-electron chi connectivity index (χ0n) is 14.1. The van der Waals surface area contributed by atoms with Gasteiger partial charge < -0.3 is 14.9 Å². The minimum absolute atomic E-state index is 0.341. The van der Waals surface area contributed by atoms with E-state index in [1.165, 1.54) is 0 Å². The summed E-state index contributed by atoms with van der Waals surface area (Å²) in [4.78, 5) is 15.0. The standard InChI is InChI=1S/C19H20N4OS/c1-14-13-18(21-19(20-14)17-7-4-12-25-17)23-10-8-22(9-11-23)15-5-2-3-6-16(15)24/h2-7,12-13,24H,8-11H2,1H3. The quantitative estimate of drug-likeness (QED) is 0.781. The van der Waals surface area contributed by atoms with Crippen molar-refractivity contribution < 1.29 is 5.11 Å². The highest BCUT2D eigenvalue weighted by molar-refractivity contribution is 7.13. The Balaban J connectivity index is 1.52. The van der Waals surface area contributed by atoms with Crippen LogP contribution in [0.2, 0.25) is 0 Å². The van der Waals surface area contributed by atoms with E-state index in [2.05, 4.69) is 20.9 Å².